The molecule has 2 aliphatic rings. The van der Waals surface area contributed by atoms with E-state index in [0.717, 1.165) is 46.9 Å². The highest BCUT2D eigenvalue weighted by molar-refractivity contribution is 5.61. The minimum atomic E-state index is 0.157. The van der Waals surface area contributed by atoms with E-state index in [9.17, 15) is 0 Å². The molecule has 4 rings (SSSR count). The molecule has 0 saturated carbocycles. The summed E-state index contributed by atoms with van der Waals surface area (Å²) in [5, 5.41) is 9.19. The molecular formula is C33H49N5. The maximum absolute atomic E-state index is 4.84. The molecule has 1 unspecified atom stereocenters. The third-order valence-electron chi connectivity index (χ3n) is 8.28. The van der Waals surface area contributed by atoms with Crippen LogP contribution in [0.5, 0.6) is 0 Å². The average Bonchev–Trinajstić information content (AvgIpc) is 2.92. The Bertz CT molecular complexity index is 1160. The van der Waals surface area contributed by atoms with Gasteiger partial charge >= 0.3 is 0 Å². The number of likely N-dealkylation sites (tertiary alicyclic amines) is 1. The minimum absolute atomic E-state index is 0.157. The van der Waals surface area contributed by atoms with Crippen LogP contribution in [0.15, 0.2) is 48.8 Å². The summed E-state index contributed by atoms with van der Waals surface area (Å²) in [6.45, 7) is 19.8. The Labute approximate surface area is 230 Å². The molecule has 1 saturated heterocycles. The van der Waals surface area contributed by atoms with Crippen LogP contribution in [0, 0.1) is 5.92 Å². The number of anilines is 1. The summed E-state index contributed by atoms with van der Waals surface area (Å²) < 4.78 is 0. The second-order valence-corrected chi connectivity index (χ2v) is 11.2. The molecule has 3 heterocycles. The first-order valence-corrected chi connectivity index (χ1v) is 15.0. The molecule has 2 aliphatic heterocycles. The summed E-state index contributed by atoms with van der Waals surface area (Å²) in [5.41, 5.74) is 2.76. The van der Waals surface area contributed by atoms with Crippen LogP contribution >= 0.6 is 0 Å². The van der Waals surface area contributed by atoms with Crippen LogP contribution < -0.4 is 26.1 Å². The zero-order valence-corrected chi connectivity index (χ0v) is 24.1. The topological polar surface area (TPSA) is 43.4 Å². The van der Waals surface area contributed by atoms with Crippen molar-refractivity contribution in [3.05, 3.63) is 70.5 Å². The van der Waals surface area contributed by atoms with E-state index in [2.05, 4.69) is 84.7 Å². The summed E-state index contributed by atoms with van der Waals surface area (Å²) in [5.74, 6) is 3.60. The molecular weight excluding hydrogens is 466 g/mol. The number of hydrogen-bond donors (Lipinski definition) is 2. The van der Waals surface area contributed by atoms with Crippen LogP contribution in [0.3, 0.4) is 0 Å². The number of benzene rings is 1. The summed E-state index contributed by atoms with van der Waals surface area (Å²) in [6, 6.07) is 13.4. The number of piperidine rings is 1. The largest absolute Gasteiger partial charge is 0.364 e. The van der Waals surface area contributed by atoms with Crippen LogP contribution in [0.25, 0.3) is 12.4 Å². The van der Waals surface area contributed by atoms with Gasteiger partial charge in [0.25, 0.3) is 0 Å². The lowest BCUT2D eigenvalue weighted by Crippen LogP contribution is -2.46. The van der Waals surface area contributed by atoms with Gasteiger partial charge in [0.2, 0.25) is 0 Å². The van der Waals surface area contributed by atoms with Crippen molar-refractivity contribution in [2.75, 3.05) is 31.1 Å². The van der Waals surface area contributed by atoms with E-state index in [1.54, 1.807) is 0 Å². The van der Waals surface area contributed by atoms with E-state index < -0.39 is 0 Å². The van der Waals surface area contributed by atoms with Crippen LogP contribution in [0.1, 0.15) is 89.3 Å². The number of fused-ring (bicyclic) bond motifs is 1. The van der Waals surface area contributed by atoms with Gasteiger partial charge < -0.3 is 20.4 Å². The average molecular weight is 516 g/mol. The third kappa shape index (κ3) is 7.41. The van der Waals surface area contributed by atoms with E-state index >= 15 is 0 Å². The Morgan fingerprint density at radius 3 is 2.55 bits per heavy atom. The molecule has 1 aromatic heterocycles. The van der Waals surface area contributed by atoms with Crippen molar-refractivity contribution in [1.82, 2.24) is 20.5 Å². The minimum Gasteiger partial charge on any atom is -0.364 e. The number of nitrogens with one attached hydrogen (secondary N) is 2. The SMILES string of the molecule is C=C1NC(NC(C)c2cccc(CC3CCN(CC)CC3)c2)=c2ccc(=C)nc2N1CCCCCCCC. The van der Waals surface area contributed by atoms with Gasteiger partial charge in [0.15, 0.2) is 0 Å². The predicted molar refractivity (Wildman–Crippen MR) is 162 cm³/mol. The highest BCUT2D eigenvalue weighted by Gasteiger charge is 2.23. The molecule has 206 valence electrons. The number of rotatable bonds is 13. The molecule has 38 heavy (non-hydrogen) atoms. The van der Waals surface area contributed by atoms with Gasteiger partial charge in [-0.15, -0.1) is 0 Å². The Morgan fingerprint density at radius 2 is 1.79 bits per heavy atom. The number of nitrogens with zero attached hydrogens (tertiary/aromatic N) is 3. The summed E-state index contributed by atoms with van der Waals surface area (Å²) in [6.07, 6.45) is 11.4. The van der Waals surface area contributed by atoms with E-state index in [1.807, 2.05) is 6.07 Å². The molecule has 2 aromatic rings. The van der Waals surface area contributed by atoms with Crippen molar-refractivity contribution < 1.29 is 0 Å². The monoisotopic (exact) mass is 515 g/mol. The molecule has 1 atom stereocenters. The number of aromatic nitrogens is 1. The summed E-state index contributed by atoms with van der Waals surface area (Å²) >= 11 is 0. The Hall–Kier alpha value is -2.79. The fraction of sp³-hybridized carbons (Fsp3) is 0.545. The van der Waals surface area contributed by atoms with Gasteiger partial charge in [-0.1, -0.05) is 83.4 Å². The molecule has 0 amide bonds. The van der Waals surface area contributed by atoms with Crippen LogP contribution in [-0.4, -0.2) is 36.1 Å². The highest BCUT2D eigenvalue weighted by atomic mass is 15.3. The zero-order valence-electron chi connectivity index (χ0n) is 24.1. The molecule has 1 fully saturated rings. The van der Waals surface area contributed by atoms with Gasteiger partial charge in [0, 0.05) is 12.6 Å². The zero-order chi connectivity index (χ0) is 26.9. The van der Waals surface area contributed by atoms with Gasteiger partial charge in [-0.25, -0.2) is 4.98 Å². The summed E-state index contributed by atoms with van der Waals surface area (Å²) in [7, 11) is 0. The first-order valence-electron chi connectivity index (χ1n) is 15.0. The highest BCUT2D eigenvalue weighted by Crippen LogP contribution is 2.24. The molecule has 0 spiro atoms. The maximum atomic E-state index is 4.84. The van der Waals surface area contributed by atoms with E-state index in [1.165, 1.54) is 82.1 Å². The Kier molecular flexibility index (Phi) is 10.3. The van der Waals surface area contributed by atoms with Crippen LogP contribution in [0.4, 0.5) is 5.82 Å². The second kappa shape index (κ2) is 13.8. The molecule has 5 nitrogen and oxygen atoms in total. The lowest BCUT2D eigenvalue weighted by Gasteiger charge is -2.33. The van der Waals surface area contributed by atoms with Crippen molar-refractivity contribution in [3.8, 4) is 0 Å². The third-order valence-corrected chi connectivity index (χ3v) is 8.28. The van der Waals surface area contributed by atoms with E-state index in [-0.39, 0.29) is 6.04 Å². The van der Waals surface area contributed by atoms with Crippen LogP contribution in [0.2, 0.25) is 0 Å². The van der Waals surface area contributed by atoms with Gasteiger partial charge in [-0.2, -0.15) is 0 Å². The number of pyridine rings is 1. The fourth-order valence-corrected chi connectivity index (χ4v) is 5.83. The first-order chi connectivity index (χ1) is 18.5. The molecule has 0 bridgehead atoms. The van der Waals surface area contributed by atoms with Gasteiger partial charge in [0.05, 0.1) is 10.6 Å². The molecule has 1 aromatic carbocycles. The number of unbranched alkanes of at least 4 members (excludes halogenated alkanes) is 5. The van der Waals surface area contributed by atoms with E-state index in [4.69, 9.17) is 4.98 Å². The van der Waals surface area contributed by atoms with Crippen molar-refractivity contribution in [2.24, 2.45) is 5.92 Å². The van der Waals surface area contributed by atoms with Gasteiger partial charge in [-0.3, -0.25) is 0 Å². The molecule has 0 aliphatic carbocycles. The Balaban J connectivity index is 1.45. The van der Waals surface area contributed by atoms with Gasteiger partial charge in [-0.05, 0) is 81.4 Å². The smallest absolute Gasteiger partial charge is 0.145 e. The maximum Gasteiger partial charge on any atom is 0.145 e. The van der Waals surface area contributed by atoms with Crippen molar-refractivity contribution in [2.45, 2.75) is 84.6 Å². The lowest BCUT2D eigenvalue weighted by atomic mass is 9.89. The Morgan fingerprint density at radius 1 is 1.03 bits per heavy atom. The standard InChI is InChI=1S/C33H49N5/c1-6-8-9-10-11-12-20-38-27(5)36-32(31-17-16-25(3)34-33(31)38)35-26(4)30-15-13-14-29(24-30)23-28-18-21-37(7-2)22-19-28/h13-17,24,26,28,35-36H,3,5-12,18-23H2,1-2,4H3. The quantitative estimate of drug-likeness (QED) is 0.349. The van der Waals surface area contributed by atoms with Gasteiger partial charge in [0.1, 0.15) is 17.5 Å². The van der Waals surface area contributed by atoms with E-state index in [0.29, 0.717) is 0 Å². The second-order valence-electron chi connectivity index (χ2n) is 11.2. The summed E-state index contributed by atoms with van der Waals surface area (Å²) in [4.78, 5) is 9.64. The van der Waals surface area contributed by atoms with Crippen molar-refractivity contribution in [1.29, 1.82) is 0 Å². The van der Waals surface area contributed by atoms with Crippen molar-refractivity contribution in [3.63, 3.8) is 0 Å². The fourth-order valence-electron chi connectivity index (χ4n) is 5.83. The molecule has 5 heteroatoms. The molecule has 0 radical (unpaired) electrons. The lowest BCUT2D eigenvalue weighted by molar-refractivity contribution is 0.192. The van der Waals surface area contributed by atoms with Crippen LogP contribution in [-0.2, 0) is 6.42 Å². The number of hydrogen-bond acceptors (Lipinski definition) is 5. The molecule has 2 N–H and O–H groups in total. The van der Waals surface area contributed by atoms with Crippen molar-refractivity contribution >= 4 is 18.2 Å². The first kappa shape index (κ1) is 28.2. The predicted octanol–water partition coefficient (Wildman–Crippen LogP) is 5.42. The normalized spacial score (nSPS) is 17.3.